The zero-order valence-corrected chi connectivity index (χ0v) is 10.5. The van der Waals surface area contributed by atoms with Gasteiger partial charge in [-0.1, -0.05) is 21.1 Å². The maximum absolute atomic E-state index is 5.65. The fourth-order valence-corrected chi connectivity index (χ4v) is 2.13. The molecule has 4 heteroatoms. The van der Waals surface area contributed by atoms with Crippen molar-refractivity contribution in [3.8, 4) is 11.3 Å². The molecule has 0 radical (unpaired) electrons. The summed E-state index contributed by atoms with van der Waals surface area (Å²) in [5.41, 5.74) is 3.02. The molecule has 0 unspecified atom stereocenters. The molecule has 0 aliphatic carbocycles. The van der Waals surface area contributed by atoms with Crippen molar-refractivity contribution in [3.05, 3.63) is 40.1 Å². The van der Waals surface area contributed by atoms with Crippen molar-refractivity contribution in [2.45, 2.75) is 12.8 Å². The zero-order valence-electron chi connectivity index (χ0n) is 8.13. The second-order valence-electron chi connectivity index (χ2n) is 3.33. The van der Waals surface area contributed by atoms with Gasteiger partial charge in [-0.25, -0.2) is 0 Å². The quantitative estimate of drug-likeness (QED) is 0.775. The Bertz CT molecular complexity index is 461. The first kappa shape index (κ1) is 10.7. The lowest BCUT2D eigenvalue weighted by molar-refractivity contribution is 0.396. The minimum atomic E-state index is 0.347. The Balaban J connectivity index is 2.44. The van der Waals surface area contributed by atoms with E-state index in [4.69, 9.17) is 16.1 Å². The molecule has 15 heavy (non-hydrogen) atoms. The number of benzene rings is 1. The van der Waals surface area contributed by atoms with E-state index in [-0.39, 0.29) is 0 Å². The van der Waals surface area contributed by atoms with Crippen molar-refractivity contribution < 1.29 is 4.52 Å². The summed E-state index contributed by atoms with van der Waals surface area (Å²) in [6, 6.07) is 7.96. The number of aryl methyl sites for hydroxylation is 1. The average Bonchev–Trinajstić information content (AvgIpc) is 2.64. The Morgan fingerprint density at radius 1 is 1.33 bits per heavy atom. The van der Waals surface area contributed by atoms with Crippen LogP contribution in [0.5, 0.6) is 0 Å². The third kappa shape index (κ3) is 2.41. The van der Waals surface area contributed by atoms with Gasteiger partial charge >= 0.3 is 0 Å². The first-order valence-electron chi connectivity index (χ1n) is 4.48. The Morgan fingerprint density at radius 2 is 2.13 bits per heavy atom. The molecule has 0 spiro atoms. The van der Waals surface area contributed by atoms with Gasteiger partial charge < -0.3 is 4.52 Å². The fourth-order valence-electron chi connectivity index (χ4n) is 1.40. The van der Waals surface area contributed by atoms with Crippen LogP contribution < -0.4 is 0 Å². The van der Waals surface area contributed by atoms with E-state index in [0.717, 1.165) is 15.7 Å². The highest BCUT2D eigenvalue weighted by molar-refractivity contribution is 9.10. The topological polar surface area (TPSA) is 26.0 Å². The largest absolute Gasteiger partial charge is 0.359 e. The van der Waals surface area contributed by atoms with E-state index in [2.05, 4.69) is 27.2 Å². The number of hydrogen-bond acceptors (Lipinski definition) is 2. The van der Waals surface area contributed by atoms with Gasteiger partial charge in [-0.2, -0.15) is 0 Å². The second-order valence-corrected chi connectivity index (χ2v) is 4.51. The van der Waals surface area contributed by atoms with Crippen molar-refractivity contribution in [1.82, 2.24) is 5.16 Å². The third-order valence-corrected chi connectivity index (χ3v) is 2.75. The summed E-state index contributed by atoms with van der Waals surface area (Å²) in [6.07, 6.45) is 0. The van der Waals surface area contributed by atoms with Gasteiger partial charge in [-0.05, 0) is 30.7 Å². The number of nitrogens with zero attached hydrogens (tertiary/aromatic N) is 1. The predicted octanol–water partition coefficient (Wildman–Crippen LogP) is 4.15. The van der Waals surface area contributed by atoms with E-state index in [0.29, 0.717) is 11.6 Å². The zero-order chi connectivity index (χ0) is 10.8. The molecule has 2 nitrogen and oxygen atoms in total. The molecule has 0 N–H and O–H groups in total. The lowest BCUT2D eigenvalue weighted by Crippen LogP contribution is -1.80. The summed E-state index contributed by atoms with van der Waals surface area (Å²) in [5.74, 6) is 1.03. The van der Waals surface area contributed by atoms with E-state index in [1.807, 2.05) is 25.1 Å². The number of hydrogen-bond donors (Lipinski definition) is 0. The van der Waals surface area contributed by atoms with Crippen LogP contribution in [-0.4, -0.2) is 5.16 Å². The first-order chi connectivity index (χ1) is 7.19. The molecular weight excluding hydrogens is 277 g/mol. The van der Waals surface area contributed by atoms with Crippen LogP contribution in [-0.2, 0) is 5.88 Å². The molecular formula is C11H9BrClNO. The molecule has 2 rings (SSSR count). The van der Waals surface area contributed by atoms with Gasteiger partial charge in [-0.15, -0.1) is 11.6 Å². The van der Waals surface area contributed by atoms with Crippen LogP contribution in [0.4, 0.5) is 0 Å². The Morgan fingerprint density at radius 3 is 2.73 bits per heavy atom. The molecule has 78 valence electrons. The maximum Gasteiger partial charge on any atom is 0.152 e. The summed E-state index contributed by atoms with van der Waals surface area (Å²) >= 11 is 9.10. The normalized spacial score (nSPS) is 10.6. The Kier molecular flexibility index (Phi) is 3.12. The van der Waals surface area contributed by atoms with Gasteiger partial charge in [0.05, 0.1) is 5.88 Å². The van der Waals surface area contributed by atoms with Gasteiger partial charge in [0.15, 0.2) is 5.76 Å². The average molecular weight is 287 g/mol. The second kappa shape index (κ2) is 4.37. The molecule has 2 aromatic rings. The van der Waals surface area contributed by atoms with E-state index >= 15 is 0 Å². The number of alkyl halides is 1. The smallest absolute Gasteiger partial charge is 0.152 e. The van der Waals surface area contributed by atoms with Gasteiger partial charge in [-0.3, -0.25) is 0 Å². The van der Waals surface area contributed by atoms with Gasteiger partial charge in [0.2, 0.25) is 0 Å². The highest BCUT2D eigenvalue weighted by Gasteiger charge is 2.06. The molecule has 0 fully saturated rings. The maximum atomic E-state index is 5.65. The van der Waals surface area contributed by atoms with Crippen molar-refractivity contribution in [2.75, 3.05) is 0 Å². The molecule has 1 aromatic heterocycles. The summed E-state index contributed by atoms with van der Waals surface area (Å²) < 4.78 is 6.09. The fraction of sp³-hybridized carbons (Fsp3) is 0.182. The Hall–Kier alpha value is -0.800. The van der Waals surface area contributed by atoms with Crippen molar-refractivity contribution in [3.63, 3.8) is 0 Å². The lowest BCUT2D eigenvalue weighted by Gasteiger charge is -1.99. The molecule has 1 heterocycles. The van der Waals surface area contributed by atoms with E-state index < -0.39 is 0 Å². The highest BCUT2D eigenvalue weighted by atomic mass is 79.9. The standard InChI is InChI=1S/C11H9BrClNO/c1-7-2-8(4-9(12)3-7)11-5-10(6-13)15-14-11/h2-5H,6H2,1H3. The summed E-state index contributed by atoms with van der Waals surface area (Å²) in [6.45, 7) is 2.04. The van der Waals surface area contributed by atoms with Crippen molar-refractivity contribution in [1.29, 1.82) is 0 Å². The molecule has 0 saturated carbocycles. The molecule has 0 bridgehead atoms. The van der Waals surface area contributed by atoms with Crippen molar-refractivity contribution in [2.24, 2.45) is 0 Å². The highest BCUT2D eigenvalue weighted by Crippen LogP contribution is 2.25. The van der Waals surface area contributed by atoms with Crippen LogP contribution in [0.2, 0.25) is 0 Å². The molecule has 0 saturated heterocycles. The number of aromatic nitrogens is 1. The van der Waals surface area contributed by atoms with Crippen molar-refractivity contribution >= 4 is 27.5 Å². The van der Waals surface area contributed by atoms with E-state index in [1.54, 1.807) is 0 Å². The molecule has 0 aliphatic rings. The summed E-state index contributed by atoms with van der Waals surface area (Å²) in [5, 5.41) is 3.96. The first-order valence-corrected chi connectivity index (χ1v) is 5.81. The summed E-state index contributed by atoms with van der Waals surface area (Å²) in [7, 11) is 0. The molecule has 0 atom stereocenters. The van der Waals surface area contributed by atoms with Gasteiger partial charge in [0.1, 0.15) is 5.69 Å². The van der Waals surface area contributed by atoms with Gasteiger partial charge in [0, 0.05) is 16.1 Å². The number of rotatable bonds is 2. The van der Waals surface area contributed by atoms with Crippen LogP contribution in [0.3, 0.4) is 0 Å². The van der Waals surface area contributed by atoms with Crippen LogP contribution in [0.15, 0.2) is 33.3 Å². The molecule has 0 aliphatic heterocycles. The molecule has 0 amide bonds. The van der Waals surface area contributed by atoms with Gasteiger partial charge in [0.25, 0.3) is 0 Å². The summed E-state index contributed by atoms with van der Waals surface area (Å²) in [4.78, 5) is 0. The minimum absolute atomic E-state index is 0.347. The minimum Gasteiger partial charge on any atom is -0.359 e. The Labute approximate surface area is 101 Å². The monoisotopic (exact) mass is 285 g/mol. The van der Waals surface area contributed by atoms with Crippen LogP contribution in [0.25, 0.3) is 11.3 Å². The van der Waals surface area contributed by atoms with Crippen LogP contribution in [0.1, 0.15) is 11.3 Å². The SMILES string of the molecule is Cc1cc(Br)cc(-c2cc(CCl)on2)c1. The predicted molar refractivity (Wildman–Crippen MR) is 63.9 cm³/mol. The van der Waals surface area contributed by atoms with Crippen LogP contribution in [0, 0.1) is 6.92 Å². The number of halogens is 2. The van der Waals surface area contributed by atoms with E-state index in [1.165, 1.54) is 5.56 Å². The van der Waals surface area contributed by atoms with E-state index in [9.17, 15) is 0 Å². The molecule has 1 aromatic carbocycles. The third-order valence-electron chi connectivity index (χ3n) is 2.03. The lowest BCUT2D eigenvalue weighted by atomic mass is 10.1. The van der Waals surface area contributed by atoms with Crippen LogP contribution >= 0.6 is 27.5 Å².